The molecule has 2 fully saturated rings. The minimum absolute atomic E-state index is 0.165. The number of anilines is 1. The normalized spacial score (nSPS) is 29.9. The van der Waals surface area contributed by atoms with Gasteiger partial charge in [0.05, 0.1) is 11.6 Å². The fourth-order valence-corrected chi connectivity index (χ4v) is 3.46. The van der Waals surface area contributed by atoms with E-state index in [0.717, 1.165) is 42.7 Å². The monoisotopic (exact) mass is 256 g/mol. The molecule has 2 bridgehead atoms. The second-order valence-corrected chi connectivity index (χ2v) is 5.52. The average molecular weight is 256 g/mol. The Bertz CT molecular complexity index is 603. The van der Waals surface area contributed by atoms with E-state index in [-0.39, 0.29) is 6.10 Å². The minimum atomic E-state index is -0.165. The smallest absolute Gasteiger partial charge is 0.246 e. The Labute approximate surface area is 111 Å². The van der Waals surface area contributed by atoms with Crippen LogP contribution in [0.15, 0.2) is 24.3 Å². The molecule has 5 heteroatoms. The van der Waals surface area contributed by atoms with E-state index < -0.39 is 0 Å². The topological polar surface area (TPSA) is 62.1 Å². The van der Waals surface area contributed by atoms with Crippen LogP contribution in [0, 0.1) is 0 Å². The van der Waals surface area contributed by atoms with E-state index in [1.165, 1.54) is 0 Å². The molecule has 2 atom stereocenters. The number of aromatic nitrogens is 3. The summed E-state index contributed by atoms with van der Waals surface area (Å²) < 4.78 is 0. The van der Waals surface area contributed by atoms with Crippen LogP contribution in [0.25, 0.3) is 11.0 Å². The first-order chi connectivity index (χ1) is 9.31. The Morgan fingerprint density at radius 1 is 1.00 bits per heavy atom. The highest BCUT2D eigenvalue weighted by molar-refractivity contribution is 5.74. The summed E-state index contributed by atoms with van der Waals surface area (Å²) in [5.74, 6) is 0.720. The van der Waals surface area contributed by atoms with Crippen molar-refractivity contribution in [2.75, 3.05) is 4.90 Å². The molecule has 2 aromatic rings. The lowest BCUT2D eigenvalue weighted by Gasteiger charge is -2.36. The number of hydrogen-bond acceptors (Lipinski definition) is 5. The van der Waals surface area contributed by atoms with E-state index in [0.29, 0.717) is 12.1 Å². The summed E-state index contributed by atoms with van der Waals surface area (Å²) in [7, 11) is 0. The van der Waals surface area contributed by atoms with E-state index in [4.69, 9.17) is 0 Å². The zero-order valence-electron chi connectivity index (χ0n) is 10.6. The first-order valence-corrected chi connectivity index (χ1v) is 6.87. The second kappa shape index (κ2) is 4.13. The van der Waals surface area contributed by atoms with E-state index >= 15 is 0 Å². The van der Waals surface area contributed by atoms with Gasteiger partial charge in [0.15, 0.2) is 0 Å². The lowest BCUT2D eigenvalue weighted by Crippen LogP contribution is -2.45. The summed E-state index contributed by atoms with van der Waals surface area (Å²) in [6.07, 6.45) is 3.73. The molecule has 4 rings (SSSR count). The van der Waals surface area contributed by atoms with Crippen molar-refractivity contribution in [1.82, 2.24) is 15.2 Å². The van der Waals surface area contributed by atoms with Crippen LogP contribution in [0.2, 0.25) is 0 Å². The Morgan fingerprint density at radius 3 is 2.42 bits per heavy atom. The number of hydrogen-bond donors (Lipinski definition) is 1. The second-order valence-electron chi connectivity index (χ2n) is 5.52. The molecule has 3 heterocycles. The number of aliphatic hydroxyl groups is 1. The van der Waals surface area contributed by atoms with Gasteiger partial charge in [0.25, 0.3) is 0 Å². The average Bonchev–Trinajstić information content (AvgIpc) is 2.70. The predicted octanol–water partition coefficient (Wildman–Crippen LogP) is 1.52. The Hall–Kier alpha value is -1.75. The van der Waals surface area contributed by atoms with Crippen molar-refractivity contribution in [2.24, 2.45) is 0 Å². The van der Waals surface area contributed by atoms with Crippen molar-refractivity contribution in [1.29, 1.82) is 0 Å². The molecule has 2 unspecified atom stereocenters. The van der Waals surface area contributed by atoms with Gasteiger partial charge in [-0.15, -0.1) is 10.2 Å². The Kier molecular flexibility index (Phi) is 2.41. The summed E-state index contributed by atoms with van der Waals surface area (Å²) in [5.41, 5.74) is 1.72. The van der Waals surface area contributed by atoms with Crippen LogP contribution in [-0.2, 0) is 0 Å². The molecule has 1 N–H and O–H groups in total. The summed E-state index contributed by atoms with van der Waals surface area (Å²) in [5, 5.41) is 18.4. The third-order valence-corrected chi connectivity index (χ3v) is 4.29. The molecule has 0 saturated carbocycles. The molecule has 0 amide bonds. The standard InChI is InChI=1S/C14H16N4O/c19-11-7-9-5-6-10(8-11)18(9)14-15-12-3-1-2-4-13(12)16-17-14/h1-4,9-11,19H,5-8H2. The van der Waals surface area contributed by atoms with Crippen molar-refractivity contribution in [3.05, 3.63) is 24.3 Å². The SMILES string of the molecule is OC1CC2CCC(C1)N2c1nnc2ccccc2n1. The molecular weight excluding hydrogens is 240 g/mol. The lowest BCUT2D eigenvalue weighted by molar-refractivity contribution is 0.125. The molecule has 2 aliphatic rings. The molecule has 2 aliphatic heterocycles. The van der Waals surface area contributed by atoms with Crippen molar-refractivity contribution < 1.29 is 5.11 Å². The molecule has 1 aromatic heterocycles. The van der Waals surface area contributed by atoms with Gasteiger partial charge in [0, 0.05) is 12.1 Å². The maximum Gasteiger partial charge on any atom is 0.246 e. The minimum Gasteiger partial charge on any atom is -0.393 e. The van der Waals surface area contributed by atoms with Crippen LogP contribution in [0.1, 0.15) is 25.7 Å². The van der Waals surface area contributed by atoms with Crippen LogP contribution < -0.4 is 4.90 Å². The predicted molar refractivity (Wildman–Crippen MR) is 71.9 cm³/mol. The highest BCUT2D eigenvalue weighted by atomic mass is 16.3. The molecule has 98 valence electrons. The van der Waals surface area contributed by atoms with Gasteiger partial charge >= 0.3 is 0 Å². The number of aliphatic hydroxyl groups excluding tert-OH is 1. The molecule has 1 aromatic carbocycles. The van der Waals surface area contributed by atoms with Gasteiger partial charge in [0.1, 0.15) is 5.52 Å². The number of fused-ring (bicyclic) bond motifs is 3. The summed E-state index contributed by atoms with van der Waals surface area (Å²) in [4.78, 5) is 6.91. The van der Waals surface area contributed by atoms with Gasteiger partial charge in [-0.05, 0) is 37.8 Å². The van der Waals surface area contributed by atoms with Gasteiger partial charge in [-0.25, -0.2) is 4.98 Å². The number of nitrogens with zero attached hydrogens (tertiary/aromatic N) is 4. The summed E-state index contributed by atoms with van der Waals surface area (Å²) >= 11 is 0. The van der Waals surface area contributed by atoms with Crippen molar-refractivity contribution in [2.45, 2.75) is 43.9 Å². The van der Waals surface area contributed by atoms with Crippen molar-refractivity contribution in [3.63, 3.8) is 0 Å². The summed E-state index contributed by atoms with van der Waals surface area (Å²) in [6, 6.07) is 8.55. The third-order valence-electron chi connectivity index (χ3n) is 4.29. The molecule has 19 heavy (non-hydrogen) atoms. The maximum absolute atomic E-state index is 9.84. The van der Waals surface area contributed by atoms with Crippen LogP contribution in [0.3, 0.4) is 0 Å². The van der Waals surface area contributed by atoms with E-state index in [1.807, 2.05) is 24.3 Å². The van der Waals surface area contributed by atoms with Crippen LogP contribution in [0.5, 0.6) is 0 Å². The van der Waals surface area contributed by atoms with E-state index in [9.17, 15) is 5.11 Å². The number of para-hydroxylation sites is 1. The van der Waals surface area contributed by atoms with Crippen molar-refractivity contribution >= 4 is 17.0 Å². The van der Waals surface area contributed by atoms with Gasteiger partial charge in [0.2, 0.25) is 5.95 Å². The highest BCUT2D eigenvalue weighted by Crippen LogP contribution is 2.37. The van der Waals surface area contributed by atoms with Crippen LogP contribution >= 0.6 is 0 Å². The number of rotatable bonds is 1. The number of piperidine rings is 1. The molecule has 5 nitrogen and oxygen atoms in total. The van der Waals surface area contributed by atoms with Crippen LogP contribution in [-0.4, -0.2) is 38.5 Å². The van der Waals surface area contributed by atoms with E-state index in [1.54, 1.807) is 0 Å². The maximum atomic E-state index is 9.84. The van der Waals surface area contributed by atoms with E-state index in [2.05, 4.69) is 20.1 Å². The molecule has 2 saturated heterocycles. The van der Waals surface area contributed by atoms with Crippen molar-refractivity contribution in [3.8, 4) is 0 Å². The fraction of sp³-hybridized carbons (Fsp3) is 0.500. The molecule has 0 radical (unpaired) electrons. The molecule has 0 spiro atoms. The quantitative estimate of drug-likeness (QED) is 0.838. The first-order valence-electron chi connectivity index (χ1n) is 6.87. The number of benzene rings is 1. The van der Waals surface area contributed by atoms with Gasteiger partial charge in [-0.2, -0.15) is 0 Å². The first kappa shape index (κ1) is 11.1. The molecule has 0 aliphatic carbocycles. The largest absolute Gasteiger partial charge is 0.393 e. The lowest BCUT2D eigenvalue weighted by atomic mass is 10.0. The Balaban J connectivity index is 1.74. The highest BCUT2D eigenvalue weighted by Gasteiger charge is 2.41. The van der Waals surface area contributed by atoms with Gasteiger partial charge in [-0.3, -0.25) is 0 Å². The third kappa shape index (κ3) is 1.76. The molecular formula is C14H16N4O. The zero-order chi connectivity index (χ0) is 12.8. The fourth-order valence-electron chi connectivity index (χ4n) is 3.46. The van der Waals surface area contributed by atoms with Crippen LogP contribution in [0.4, 0.5) is 5.95 Å². The Morgan fingerprint density at radius 2 is 1.68 bits per heavy atom. The van der Waals surface area contributed by atoms with Gasteiger partial charge in [-0.1, -0.05) is 12.1 Å². The summed E-state index contributed by atoms with van der Waals surface area (Å²) in [6.45, 7) is 0. The zero-order valence-corrected chi connectivity index (χ0v) is 10.6. The van der Waals surface area contributed by atoms with Gasteiger partial charge < -0.3 is 10.0 Å².